The van der Waals surface area contributed by atoms with E-state index in [0.29, 0.717) is 12.0 Å². The van der Waals surface area contributed by atoms with Crippen molar-refractivity contribution in [1.29, 1.82) is 0 Å². The maximum atomic E-state index is 5.75. The van der Waals surface area contributed by atoms with Crippen LogP contribution in [0.5, 0.6) is 5.75 Å². The van der Waals surface area contributed by atoms with E-state index in [0.717, 1.165) is 30.3 Å². The second-order valence-electron chi connectivity index (χ2n) is 4.74. The number of ether oxygens (including phenoxy) is 1. The fourth-order valence-corrected chi connectivity index (χ4v) is 1.98. The number of anilines is 1. The van der Waals surface area contributed by atoms with Crippen LogP contribution in [-0.4, -0.2) is 29.4 Å². The third-order valence-electron chi connectivity index (χ3n) is 2.91. The van der Waals surface area contributed by atoms with Crippen LogP contribution in [0.15, 0.2) is 6.20 Å². The minimum atomic E-state index is 0.413. The average molecular weight is 221 g/mol. The van der Waals surface area contributed by atoms with E-state index in [2.05, 4.69) is 42.8 Å². The molecular weight excluding hydrogens is 202 g/mol. The molecule has 1 aromatic rings. The molecule has 0 spiro atoms. The SMILES string of the molecule is CC(C)c1cnnc2c1OCCN2C(C)C. The zero-order valence-electron chi connectivity index (χ0n) is 10.4. The minimum absolute atomic E-state index is 0.413. The van der Waals surface area contributed by atoms with E-state index in [1.807, 2.05) is 6.20 Å². The first-order valence-corrected chi connectivity index (χ1v) is 5.86. The number of fused-ring (bicyclic) bond motifs is 1. The van der Waals surface area contributed by atoms with Gasteiger partial charge in [-0.2, -0.15) is 5.10 Å². The van der Waals surface area contributed by atoms with E-state index in [1.54, 1.807) is 0 Å². The Morgan fingerprint density at radius 2 is 2.06 bits per heavy atom. The first-order valence-electron chi connectivity index (χ1n) is 5.86. The summed E-state index contributed by atoms with van der Waals surface area (Å²) in [5.74, 6) is 2.23. The van der Waals surface area contributed by atoms with E-state index < -0.39 is 0 Å². The van der Waals surface area contributed by atoms with E-state index >= 15 is 0 Å². The second-order valence-corrected chi connectivity index (χ2v) is 4.74. The smallest absolute Gasteiger partial charge is 0.194 e. The highest BCUT2D eigenvalue weighted by molar-refractivity contribution is 5.57. The van der Waals surface area contributed by atoms with Gasteiger partial charge in [0.05, 0.1) is 12.7 Å². The van der Waals surface area contributed by atoms with Gasteiger partial charge in [0.2, 0.25) is 0 Å². The Hall–Kier alpha value is -1.32. The molecule has 0 fully saturated rings. The molecule has 0 bridgehead atoms. The molecule has 1 aliphatic rings. The summed E-state index contributed by atoms with van der Waals surface area (Å²) < 4.78 is 5.75. The Balaban J connectivity index is 2.46. The summed E-state index contributed by atoms with van der Waals surface area (Å²) in [6.07, 6.45) is 1.81. The van der Waals surface area contributed by atoms with Crippen molar-refractivity contribution >= 4 is 5.82 Å². The Morgan fingerprint density at radius 3 is 2.69 bits per heavy atom. The Bertz CT molecular complexity index is 377. The number of nitrogens with zero attached hydrogens (tertiary/aromatic N) is 3. The van der Waals surface area contributed by atoms with Gasteiger partial charge in [-0.3, -0.25) is 0 Å². The van der Waals surface area contributed by atoms with Gasteiger partial charge in [-0.15, -0.1) is 5.10 Å². The van der Waals surface area contributed by atoms with Crippen molar-refractivity contribution in [2.24, 2.45) is 0 Å². The first-order chi connectivity index (χ1) is 7.61. The summed E-state index contributed by atoms with van der Waals surface area (Å²) in [6.45, 7) is 10.2. The van der Waals surface area contributed by atoms with Crippen LogP contribution in [0.2, 0.25) is 0 Å². The van der Waals surface area contributed by atoms with Crippen molar-refractivity contribution in [3.05, 3.63) is 11.8 Å². The van der Waals surface area contributed by atoms with E-state index in [1.165, 1.54) is 0 Å². The highest BCUT2D eigenvalue weighted by Crippen LogP contribution is 2.36. The molecule has 0 aliphatic carbocycles. The summed E-state index contributed by atoms with van der Waals surface area (Å²) >= 11 is 0. The molecule has 0 saturated carbocycles. The zero-order chi connectivity index (χ0) is 11.7. The summed E-state index contributed by atoms with van der Waals surface area (Å²) in [5, 5.41) is 8.30. The van der Waals surface area contributed by atoms with Crippen molar-refractivity contribution in [2.45, 2.75) is 39.7 Å². The van der Waals surface area contributed by atoms with Gasteiger partial charge in [0.1, 0.15) is 6.61 Å². The first kappa shape index (κ1) is 11.2. The van der Waals surface area contributed by atoms with E-state index in [4.69, 9.17) is 4.74 Å². The summed E-state index contributed by atoms with van der Waals surface area (Å²) in [6, 6.07) is 0.430. The van der Waals surface area contributed by atoms with E-state index in [-0.39, 0.29) is 0 Å². The van der Waals surface area contributed by atoms with Crippen LogP contribution in [0, 0.1) is 0 Å². The molecule has 2 heterocycles. The van der Waals surface area contributed by atoms with Crippen molar-refractivity contribution in [3.63, 3.8) is 0 Å². The molecule has 88 valence electrons. The second kappa shape index (κ2) is 4.28. The van der Waals surface area contributed by atoms with Gasteiger partial charge < -0.3 is 9.64 Å². The molecule has 1 aliphatic heterocycles. The molecular formula is C12H19N3O. The van der Waals surface area contributed by atoms with Crippen LogP contribution in [0.4, 0.5) is 5.82 Å². The molecule has 0 amide bonds. The molecule has 0 N–H and O–H groups in total. The van der Waals surface area contributed by atoms with E-state index in [9.17, 15) is 0 Å². The Kier molecular flexibility index (Phi) is 2.99. The Labute approximate surface area is 96.6 Å². The van der Waals surface area contributed by atoms with Crippen molar-refractivity contribution in [3.8, 4) is 5.75 Å². The van der Waals surface area contributed by atoms with Crippen LogP contribution >= 0.6 is 0 Å². The minimum Gasteiger partial charge on any atom is -0.487 e. The highest BCUT2D eigenvalue weighted by Gasteiger charge is 2.25. The maximum Gasteiger partial charge on any atom is 0.194 e. The lowest BCUT2D eigenvalue weighted by Crippen LogP contribution is -2.39. The monoisotopic (exact) mass is 221 g/mol. The topological polar surface area (TPSA) is 38.3 Å². The zero-order valence-corrected chi connectivity index (χ0v) is 10.4. The van der Waals surface area contributed by atoms with Crippen LogP contribution in [0.25, 0.3) is 0 Å². The predicted molar refractivity (Wildman–Crippen MR) is 64.1 cm³/mol. The summed E-state index contributed by atoms with van der Waals surface area (Å²) in [5.41, 5.74) is 1.15. The lowest BCUT2D eigenvalue weighted by atomic mass is 10.0. The number of hydrogen-bond donors (Lipinski definition) is 0. The number of aromatic nitrogens is 2. The van der Waals surface area contributed by atoms with Gasteiger partial charge in [-0.05, 0) is 19.8 Å². The molecule has 0 unspecified atom stereocenters. The standard InChI is InChI=1S/C12H19N3O/c1-8(2)10-7-13-14-12-11(10)16-6-5-15(12)9(3)4/h7-9H,5-6H2,1-4H3. The molecule has 0 saturated heterocycles. The quantitative estimate of drug-likeness (QED) is 0.767. The molecule has 0 radical (unpaired) electrons. The molecule has 4 heteroatoms. The molecule has 0 aromatic carbocycles. The molecule has 1 aromatic heterocycles. The van der Waals surface area contributed by atoms with Crippen molar-refractivity contribution in [2.75, 3.05) is 18.1 Å². The molecule has 4 nitrogen and oxygen atoms in total. The summed E-state index contributed by atoms with van der Waals surface area (Å²) in [4.78, 5) is 2.25. The maximum absolute atomic E-state index is 5.75. The van der Waals surface area contributed by atoms with Crippen LogP contribution < -0.4 is 9.64 Å². The van der Waals surface area contributed by atoms with Gasteiger partial charge in [-0.25, -0.2) is 0 Å². The Morgan fingerprint density at radius 1 is 1.31 bits per heavy atom. The van der Waals surface area contributed by atoms with Gasteiger partial charge in [0.15, 0.2) is 11.6 Å². The molecule has 0 atom stereocenters. The largest absolute Gasteiger partial charge is 0.487 e. The average Bonchev–Trinajstić information content (AvgIpc) is 2.27. The molecule has 2 rings (SSSR count). The van der Waals surface area contributed by atoms with Gasteiger partial charge >= 0.3 is 0 Å². The van der Waals surface area contributed by atoms with Crippen LogP contribution in [0.1, 0.15) is 39.2 Å². The normalized spacial score (nSPS) is 15.2. The van der Waals surface area contributed by atoms with Crippen molar-refractivity contribution in [1.82, 2.24) is 10.2 Å². The third-order valence-corrected chi connectivity index (χ3v) is 2.91. The fraction of sp³-hybridized carbons (Fsp3) is 0.667. The third kappa shape index (κ3) is 1.84. The highest BCUT2D eigenvalue weighted by atomic mass is 16.5. The van der Waals surface area contributed by atoms with Gasteiger partial charge in [-0.1, -0.05) is 13.8 Å². The van der Waals surface area contributed by atoms with Crippen LogP contribution in [-0.2, 0) is 0 Å². The summed E-state index contributed by atoms with van der Waals surface area (Å²) in [7, 11) is 0. The molecule has 16 heavy (non-hydrogen) atoms. The van der Waals surface area contributed by atoms with Gasteiger partial charge in [0, 0.05) is 11.6 Å². The van der Waals surface area contributed by atoms with Crippen LogP contribution in [0.3, 0.4) is 0 Å². The van der Waals surface area contributed by atoms with Gasteiger partial charge in [0.25, 0.3) is 0 Å². The number of hydrogen-bond acceptors (Lipinski definition) is 4. The lowest BCUT2D eigenvalue weighted by molar-refractivity contribution is 0.294. The number of rotatable bonds is 2. The predicted octanol–water partition coefficient (Wildman–Crippen LogP) is 2.21. The fourth-order valence-electron chi connectivity index (χ4n) is 1.98. The van der Waals surface area contributed by atoms with Crippen molar-refractivity contribution < 1.29 is 4.74 Å². The lowest BCUT2D eigenvalue weighted by Gasteiger charge is -2.33.